The Morgan fingerprint density at radius 2 is 1.68 bits per heavy atom. The van der Waals surface area contributed by atoms with Crippen molar-refractivity contribution in [2.24, 2.45) is 0 Å². The van der Waals surface area contributed by atoms with Gasteiger partial charge in [-0.1, -0.05) is 70.1 Å². The van der Waals surface area contributed by atoms with E-state index in [0.717, 1.165) is 61.4 Å². The number of anilines is 1. The normalized spacial score (nSPS) is 14.6. The molecule has 2 heterocycles. The number of thiazole rings is 1. The zero-order valence-corrected chi connectivity index (χ0v) is 25.4. The molecule has 1 aromatic heterocycles. The number of benzene rings is 1. The lowest BCUT2D eigenvalue weighted by molar-refractivity contribution is -0.163. The zero-order chi connectivity index (χ0) is 30.3. The van der Waals surface area contributed by atoms with Gasteiger partial charge in [0.25, 0.3) is 17.7 Å². The van der Waals surface area contributed by atoms with Crippen LogP contribution in [0.4, 0.5) is 5.13 Å². The number of nitrogens with zero attached hydrogens (tertiary/aromatic N) is 5. The Hall–Kier alpha value is -4.10. The molecule has 0 atom stereocenters. The molecule has 10 heteroatoms. The van der Waals surface area contributed by atoms with Gasteiger partial charge in [-0.2, -0.15) is 15.3 Å². The summed E-state index contributed by atoms with van der Waals surface area (Å²) < 4.78 is 0. The van der Waals surface area contributed by atoms with Crippen molar-refractivity contribution in [2.45, 2.75) is 73.1 Å². The molecule has 0 saturated heterocycles. The Morgan fingerprint density at radius 3 is 2.20 bits per heavy atom. The van der Waals surface area contributed by atoms with Gasteiger partial charge in [-0.15, -0.1) is 0 Å². The van der Waals surface area contributed by atoms with Crippen LogP contribution in [-0.2, 0) is 14.4 Å². The molecule has 0 spiro atoms. The molecule has 216 valence electrons. The summed E-state index contributed by atoms with van der Waals surface area (Å²) in [4.78, 5) is 61.3. The molecule has 0 radical (unpaired) electrons. The van der Waals surface area contributed by atoms with Crippen LogP contribution in [0, 0.1) is 11.3 Å². The molecule has 1 aliphatic heterocycles. The quantitative estimate of drug-likeness (QED) is 0.243. The fourth-order valence-electron chi connectivity index (χ4n) is 4.44. The van der Waals surface area contributed by atoms with Crippen molar-refractivity contribution < 1.29 is 19.2 Å². The second kappa shape index (κ2) is 14.0. The van der Waals surface area contributed by atoms with Crippen LogP contribution in [0.15, 0.2) is 47.1 Å². The summed E-state index contributed by atoms with van der Waals surface area (Å²) in [6.07, 6.45) is 5.78. The van der Waals surface area contributed by atoms with Crippen molar-refractivity contribution in [3.05, 3.63) is 63.2 Å². The highest BCUT2D eigenvalue weighted by atomic mass is 32.1. The van der Waals surface area contributed by atoms with Gasteiger partial charge in [-0.05, 0) is 49.5 Å². The summed E-state index contributed by atoms with van der Waals surface area (Å²) in [7, 11) is 0. The molecule has 0 saturated carbocycles. The minimum atomic E-state index is -1.02. The van der Waals surface area contributed by atoms with Crippen LogP contribution in [0.5, 0.6) is 0 Å². The van der Waals surface area contributed by atoms with Crippen molar-refractivity contribution in [3.8, 4) is 6.07 Å². The average molecular weight is 576 g/mol. The minimum absolute atomic E-state index is 0.0376. The van der Waals surface area contributed by atoms with Gasteiger partial charge in [0.2, 0.25) is 5.91 Å². The lowest BCUT2D eigenvalue weighted by Gasteiger charge is -2.34. The lowest BCUT2D eigenvalue weighted by atomic mass is 9.95. The maximum absolute atomic E-state index is 13.9. The Kier molecular flexibility index (Phi) is 10.7. The van der Waals surface area contributed by atoms with Crippen molar-refractivity contribution >= 4 is 46.2 Å². The van der Waals surface area contributed by atoms with Crippen molar-refractivity contribution in [3.63, 3.8) is 0 Å². The van der Waals surface area contributed by atoms with Gasteiger partial charge in [0, 0.05) is 31.1 Å². The second-order valence-corrected chi connectivity index (χ2v) is 11.2. The molecular formula is C31H37N5O4S. The predicted octanol–water partition coefficient (Wildman–Crippen LogP) is 5.87. The molecule has 0 fully saturated rings. The van der Waals surface area contributed by atoms with Gasteiger partial charge in [-0.25, -0.2) is 4.98 Å². The molecule has 2 aromatic rings. The predicted molar refractivity (Wildman–Crippen MR) is 160 cm³/mol. The van der Waals surface area contributed by atoms with Gasteiger partial charge in [-0.3, -0.25) is 19.2 Å². The van der Waals surface area contributed by atoms with Crippen LogP contribution in [-0.4, -0.2) is 51.7 Å². The topological polar surface area (TPSA) is 115 Å². The molecule has 0 aliphatic carbocycles. The fourth-order valence-corrected chi connectivity index (χ4v) is 5.66. The number of rotatable bonds is 11. The van der Waals surface area contributed by atoms with Crippen LogP contribution < -0.4 is 4.90 Å². The van der Waals surface area contributed by atoms with Gasteiger partial charge in [0.1, 0.15) is 11.6 Å². The van der Waals surface area contributed by atoms with Crippen LogP contribution >= 0.6 is 11.3 Å². The number of amides is 4. The molecule has 0 N–H and O–H groups in total. The van der Waals surface area contributed by atoms with E-state index in [1.807, 2.05) is 19.9 Å². The number of aromatic nitrogens is 1. The van der Waals surface area contributed by atoms with Crippen LogP contribution in [0.1, 0.15) is 94.1 Å². The van der Waals surface area contributed by atoms with E-state index in [0.29, 0.717) is 10.0 Å². The highest BCUT2D eigenvalue weighted by Gasteiger charge is 2.43. The molecule has 3 rings (SSSR count). The summed E-state index contributed by atoms with van der Waals surface area (Å²) in [5.41, 5.74) is 0.840. The third kappa shape index (κ3) is 6.80. The molecule has 9 nitrogen and oxygen atoms in total. The highest BCUT2D eigenvalue weighted by Crippen LogP contribution is 2.36. The Labute approximate surface area is 245 Å². The number of hydrogen-bond acceptors (Lipinski definition) is 8. The number of hydrazine groups is 1. The first kappa shape index (κ1) is 31.4. The van der Waals surface area contributed by atoms with Gasteiger partial charge in [0.15, 0.2) is 5.13 Å². The number of imide groups is 2. The summed E-state index contributed by atoms with van der Waals surface area (Å²) in [6, 6.07) is 9.77. The van der Waals surface area contributed by atoms with E-state index in [9.17, 15) is 24.4 Å². The molecule has 0 bridgehead atoms. The third-order valence-electron chi connectivity index (χ3n) is 6.76. The van der Waals surface area contributed by atoms with E-state index in [1.165, 1.54) is 30.4 Å². The number of unbranched alkanes of at least 4 members (excludes halogenated alkanes) is 2. The summed E-state index contributed by atoms with van der Waals surface area (Å²) in [6.45, 7) is 12.7. The molecular weight excluding hydrogens is 538 g/mol. The molecule has 41 heavy (non-hydrogen) atoms. The van der Waals surface area contributed by atoms with Crippen molar-refractivity contribution in [2.75, 3.05) is 18.0 Å². The molecule has 1 aromatic carbocycles. The molecule has 4 amide bonds. The van der Waals surface area contributed by atoms with Gasteiger partial charge >= 0.3 is 0 Å². The monoisotopic (exact) mass is 575 g/mol. The maximum atomic E-state index is 13.9. The first-order chi connectivity index (χ1) is 19.6. The van der Waals surface area contributed by atoms with Crippen molar-refractivity contribution in [1.29, 1.82) is 5.26 Å². The smallest absolute Gasteiger partial charge is 0.291 e. The zero-order valence-electron chi connectivity index (χ0n) is 24.6. The number of carbonyl (C=O) groups is 4. The number of nitriles is 1. The van der Waals surface area contributed by atoms with E-state index in [-0.39, 0.29) is 28.2 Å². The fraction of sp³-hybridized carbons (Fsp3) is 0.419. The van der Waals surface area contributed by atoms with E-state index in [4.69, 9.17) is 4.98 Å². The summed E-state index contributed by atoms with van der Waals surface area (Å²) in [5.74, 6) is -3.52. The second-order valence-electron chi connectivity index (χ2n) is 10.2. The van der Waals surface area contributed by atoms with E-state index in [1.54, 1.807) is 24.3 Å². The standard InChI is InChI=1S/C31H37N5O4S/c1-7-9-16-34(17-10-8-2)31-33-27(20(3)4)26(41-31)18-24-21(5)25(19-32)30(40)36(29(24)39)35(22(6)37)28(38)23-14-12-11-13-15-23/h11-15,18,20H,7-10,16-17H2,1-6H3/b24-18-. The van der Waals surface area contributed by atoms with Gasteiger partial charge < -0.3 is 4.90 Å². The SMILES string of the molecule is CCCCN(CCCC)c1nc(C(C)C)c(/C=C2\C(=O)N(N(C(C)=O)C(=O)c3ccccc3)C(=O)C(C#N)=C2C)s1. The first-order valence-corrected chi connectivity index (χ1v) is 14.8. The first-order valence-electron chi connectivity index (χ1n) is 13.9. The van der Waals surface area contributed by atoms with E-state index >= 15 is 0 Å². The highest BCUT2D eigenvalue weighted by molar-refractivity contribution is 7.16. The van der Waals surface area contributed by atoms with Crippen LogP contribution in [0.2, 0.25) is 0 Å². The summed E-state index contributed by atoms with van der Waals surface area (Å²) >= 11 is 1.45. The average Bonchev–Trinajstić information content (AvgIpc) is 3.38. The summed E-state index contributed by atoms with van der Waals surface area (Å²) in [5, 5.41) is 11.7. The molecule has 0 unspecified atom stereocenters. The van der Waals surface area contributed by atoms with E-state index < -0.39 is 23.6 Å². The third-order valence-corrected chi connectivity index (χ3v) is 7.84. The van der Waals surface area contributed by atoms with E-state index in [2.05, 4.69) is 18.7 Å². The van der Waals surface area contributed by atoms with Crippen molar-refractivity contribution in [1.82, 2.24) is 15.0 Å². The Balaban J connectivity index is 2.16. The number of hydrogen-bond donors (Lipinski definition) is 0. The maximum Gasteiger partial charge on any atom is 0.291 e. The largest absolute Gasteiger partial charge is 0.348 e. The van der Waals surface area contributed by atoms with Crippen LogP contribution in [0.25, 0.3) is 6.08 Å². The lowest BCUT2D eigenvalue weighted by Crippen LogP contribution is -2.57. The van der Waals surface area contributed by atoms with Crippen LogP contribution in [0.3, 0.4) is 0 Å². The Bertz CT molecular complexity index is 1410. The molecule has 1 aliphatic rings. The Morgan fingerprint density at radius 1 is 1.07 bits per heavy atom. The van der Waals surface area contributed by atoms with Gasteiger partial charge in [0.05, 0.1) is 10.6 Å². The number of carbonyl (C=O) groups excluding carboxylic acids is 4. The minimum Gasteiger partial charge on any atom is -0.348 e.